The minimum atomic E-state index is -0.453. The van der Waals surface area contributed by atoms with Gasteiger partial charge < -0.3 is 9.47 Å². The molecule has 0 fully saturated rings. The first kappa shape index (κ1) is 20.9. The van der Waals surface area contributed by atoms with Gasteiger partial charge in [0.2, 0.25) is 0 Å². The number of methoxy groups -OCH3 is 2. The zero-order valence-electron chi connectivity index (χ0n) is 17.0. The van der Waals surface area contributed by atoms with Crippen LogP contribution in [-0.4, -0.2) is 29.7 Å². The number of rotatable bonds is 7. The molecule has 6 nitrogen and oxygen atoms in total. The number of esters is 1. The molecule has 0 N–H and O–H groups in total. The standard InChI is InChI=1S/C22H24N2O4S/c1-14(2)12-24-20(25)18-9-8-16(21(26)28-4)11-19(18)23-22(24)29-13-15-6-5-7-17(10-15)27-3/h5-11,14H,12-13H2,1-4H3. The van der Waals surface area contributed by atoms with Gasteiger partial charge in [-0.25, -0.2) is 9.78 Å². The van der Waals surface area contributed by atoms with Crippen LogP contribution in [0.5, 0.6) is 5.75 Å². The number of thioether (sulfide) groups is 1. The summed E-state index contributed by atoms with van der Waals surface area (Å²) in [6, 6.07) is 12.7. The smallest absolute Gasteiger partial charge is 0.337 e. The Morgan fingerprint density at radius 2 is 1.97 bits per heavy atom. The van der Waals surface area contributed by atoms with E-state index in [-0.39, 0.29) is 11.5 Å². The highest BCUT2D eigenvalue weighted by Crippen LogP contribution is 2.25. The predicted molar refractivity (Wildman–Crippen MR) is 115 cm³/mol. The number of carbonyl (C=O) groups is 1. The number of fused-ring (bicyclic) bond motifs is 1. The van der Waals surface area contributed by atoms with Gasteiger partial charge in [-0.15, -0.1) is 0 Å². The maximum atomic E-state index is 13.1. The van der Waals surface area contributed by atoms with Crippen LogP contribution in [0.2, 0.25) is 0 Å². The van der Waals surface area contributed by atoms with Crippen molar-refractivity contribution in [2.24, 2.45) is 5.92 Å². The van der Waals surface area contributed by atoms with Crippen molar-refractivity contribution < 1.29 is 14.3 Å². The molecule has 0 unspecified atom stereocenters. The summed E-state index contributed by atoms with van der Waals surface area (Å²) in [4.78, 5) is 29.7. The number of benzene rings is 2. The first-order valence-electron chi connectivity index (χ1n) is 9.31. The van der Waals surface area contributed by atoms with E-state index >= 15 is 0 Å². The highest BCUT2D eigenvalue weighted by molar-refractivity contribution is 7.98. The summed E-state index contributed by atoms with van der Waals surface area (Å²) in [5.41, 5.74) is 1.83. The molecular weight excluding hydrogens is 388 g/mol. The molecule has 0 spiro atoms. The van der Waals surface area contributed by atoms with Crippen LogP contribution in [-0.2, 0) is 17.0 Å². The number of nitrogens with zero attached hydrogens (tertiary/aromatic N) is 2. The first-order valence-corrected chi connectivity index (χ1v) is 10.3. The molecule has 0 saturated heterocycles. The number of ether oxygens (including phenoxy) is 2. The average Bonchev–Trinajstić information content (AvgIpc) is 2.73. The molecule has 0 aliphatic carbocycles. The Kier molecular flexibility index (Phi) is 6.59. The molecular formula is C22H24N2O4S. The van der Waals surface area contributed by atoms with E-state index in [2.05, 4.69) is 13.8 Å². The van der Waals surface area contributed by atoms with Gasteiger partial charge in [-0.1, -0.05) is 37.7 Å². The SMILES string of the molecule is COC(=O)c1ccc2c(=O)n(CC(C)C)c(SCc3cccc(OC)c3)nc2c1. The Morgan fingerprint density at radius 1 is 1.17 bits per heavy atom. The van der Waals surface area contributed by atoms with Crippen LogP contribution in [0.4, 0.5) is 0 Å². The van der Waals surface area contributed by atoms with Gasteiger partial charge in [0.1, 0.15) is 5.75 Å². The van der Waals surface area contributed by atoms with Crippen LogP contribution in [0.25, 0.3) is 10.9 Å². The zero-order valence-corrected chi connectivity index (χ0v) is 17.8. The molecule has 0 bridgehead atoms. The van der Waals surface area contributed by atoms with Crippen molar-refractivity contribution in [2.75, 3.05) is 14.2 Å². The second-order valence-corrected chi connectivity index (χ2v) is 8.01. The molecule has 0 aliphatic rings. The lowest BCUT2D eigenvalue weighted by Crippen LogP contribution is -2.25. The molecule has 0 saturated carbocycles. The number of carbonyl (C=O) groups excluding carboxylic acids is 1. The summed E-state index contributed by atoms with van der Waals surface area (Å²) in [5, 5.41) is 1.12. The number of hydrogen-bond acceptors (Lipinski definition) is 6. The number of aromatic nitrogens is 2. The Labute approximate surface area is 173 Å². The topological polar surface area (TPSA) is 70.4 Å². The Balaban J connectivity index is 2.03. The van der Waals surface area contributed by atoms with Gasteiger partial charge >= 0.3 is 5.97 Å². The van der Waals surface area contributed by atoms with Crippen LogP contribution in [0.15, 0.2) is 52.4 Å². The van der Waals surface area contributed by atoms with Crippen molar-refractivity contribution in [3.8, 4) is 5.75 Å². The number of hydrogen-bond donors (Lipinski definition) is 0. The quantitative estimate of drug-likeness (QED) is 0.330. The fourth-order valence-electron chi connectivity index (χ4n) is 2.99. The molecule has 2 aromatic carbocycles. The lowest BCUT2D eigenvalue weighted by Gasteiger charge is -2.15. The van der Waals surface area contributed by atoms with Gasteiger partial charge in [-0.3, -0.25) is 9.36 Å². The van der Waals surface area contributed by atoms with Gasteiger partial charge in [0.05, 0.1) is 30.7 Å². The minimum absolute atomic E-state index is 0.103. The summed E-state index contributed by atoms with van der Waals surface area (Å²) in [6.45, 7) is 4.70. The largest absolute Gasteiger partial charge is 0.497 e. The second-order valence-electron chi connectivity index (χ2n) is 7.07. The van der Waals surface area contributed by atoms with Crippen molar-refractivity contribution in [3.05, 3.63) is 63.9 Å². The highest BCUT2D eigenvalue weighted by atomic mass is 32.2. The molecule has 7 heteroatoms. The molecule has 152 valence electrons. The van der Waals surface area contributed by atoms with Crippen LogP contribution in [0, 0.1) is 5.92 Å². The van der Waals surface area contributed by atoms with E-state index in [4.69, 9.17) is 14.5 Å². The first-order chi connectivity index (χ1) is 13.9. The average molecular weight is 413 g/mol. The van der Waals surface area contributed by atoms with Crippen molar-refractivity contribution in [2.45, 2.75) is 31.3 Å². The summed E-state index contributed by atoms with van der Waals surface area (Å²) in [6.07, 6.45) is 0. The van der Waals surface area contributed by atoms with E-state index in [1.165, 1.54) is 18.9 Å². The summed E-state index contributed by atoms with van der Waals surface area (Å²) in [7, 11) is 2.96. The van der Waals surface area contributed by atoms with E-state index in [0.717, 1.165) is 11.3 Å². The third-order valence-corrected chi connectivity index (χ3v) is 5.44. The van der Waals surface area contributed by atoms with Crippen molar-refractivity contribution in [1.29, 1.82) is 0 Å². The maximum Gasteiger partial charge on any atom is 0.337 e. The predicted octanol–water partition coefficient (Wildman–Crippen LogP) is 4.14. The fraction of sp³-hybridized carbons (Fsp3) is 0.318. The van der Waals surface area contributed by atoms with E-state index in [9.17, 15) is 9.59 Å². The minimum Gasteiger partial charge on any atom is -0.497 e. The van der Waals surface area contributed by atoms with Gasteiger partial charge in [-0.2, -0.15) is 0 Å². The third kappa shape index (κ3) is 4.79. The van der Waals surface area contributed by atoms with Gasteiger partial charge in [0.25, 0.3) is 5.56 Å². The lowest BCUT2D eigenvalue weighted by atomic mass is 10.1. The van der Waals surface area contributed by atoms with E-state index < -0.39 is 5.97 Å². The molecule has 0 aliphatic heterocycles. The van der Waals surface area contributed by atoms with E-state index in [0.29, 0.717) is 33.9 Å². The van der Waals surface area contributed by atoms with Gasteiger partial charge in [0.15, 0.2) is 5.16 Å². The molecule has 1 heterocycles. The van der Waals surface area contributed by atoms with Gasteiger partial charge in [-0.05, 0) is 41.8 Å². The normalized spacial score (nSPS) is 11.1. The van der Waals surface area contributed by atoms with Crippen molar-refractivity contribution in [3.63, 3.8) is 0 Å². The summed E-state index contributed by atoms with van der Waals surface area (Å²) < 4.78 is 11.8. The maximum absolute atomic E-state index is 13.1. The van der Waals surface area contributed by atoms with E-state index in [1.807, 2.05) is 24.3 Å². The highest BCUT2D eigenvalue weighted by Gasteiger charge is 2.15. The van der Waals surface area contributed by atoms with Crippen LogP contribution in [0.3, 0.4) is 0 Å². The molecule has 0 amide bonds. The van der Waals surface area contributed by atoms with Crippen molar-refractivity contribution >= 4 is 28.6 Å². The van der Waals surface area contributed by atoms with E-state index in [1.54, 1.807) is 29.9 Å². The fourth-order valence-corrected chi connectivity index (χ4v) is 3.94. The molecule has 0 atom stereocenters. The van der Waals surface area contributed by atoms with Crippen LogP contribution < -0.4 is 10.3 Å². The Morgan fingerprint density at radius 3 is 2.66 bits per heavy atom. The second kappa shape index (κ2) is 9.13. The lowest BCUT2D eigenvalue weighted by molar-refractivity contribution is 0.0601. The molecule has 29 heavy (non-hydrogen) atoms. The van der Waals surface area contributed by atoms with Crippen molar-refractivity contribution in [1.82, 2.24) is 9.55 Å². The Hall–Kier alpha value is -2.80. The van der Waals surface area contributed by atoms with Gasteiger partial charge in [0, 0.05) is 12.3 Å². The third-order valence-electron chi connectivity index (χ3n) is 4.39. The monoisotopic (exact) mass is 412 g/mol. The van der Waals surface area contributed by atoms with Crippen LogP contribution >= 0.6 is 11.8 Å². The zero-order chi connectivity index (χ0) is 21.0. The van der Waals surface area contributed by atoms with Crippen LogP contribution in [0.1, 0.15) is 29.8 Å². The molecule has 1 aromatic heterocycles. The summed E-state index contributed by atoms with van der Waals surface area (Å²) >= 11 is 1.49. The molecule has 3 rings (SSSR count). The molecule has 3 aromatic rings. The molecule has 0 radical (unpaired) electrons. The Bertz CT molecular complexity index is 1090. The summed E-state index contributed by atoms with van der Waals surface area (Å²) in [5.74, 6) is 1.27.